The van der Waals surface area contributed by atoms with Crippen molar-refractivity contribution in [3.8, 4) is 0 Å². The summed E-state index contributed by atoms with van der Waals surface area (Å²) in [5.41, 5.74) is 3.18. The molecule has 214 valence electrons. The number of aromatic nitrogens is 5. The maximum Gasteiger partial charge on any atom is 0.252 e. The third kappa shape index (κ3) is 6.48. The first-order chi connectivity index (χ1) is 19.7. The van der Waals surface area contributed by atoms with Crippen molar-refractivity contribution >= 4 is 40.0 Å². The Balaban J connectivity index is 1.37. The molecule has 0 aliphatic carbocycles. The minimum absolute atomic E-state index is 0.104. The second-order valence-corrected chi connectivity index (χ2v) is 11.3. The Labute approximate surface area is 244 Å². The number of benzene rings is 1. The van der Waals surface area contributed by atoms with Gasteiger partial charge in [0.05, 0.1) is 28.5 Å². The molecule has 0 spiro atoms. The molecule has 1 aliphatic rings. The number of hydrogen-bond acceptors (Lipinski definition) is 8. The van der Waals surface area contributed by atoms with Crippen LogP contribution in [0.3, 0.4) is 0 Å². The third-order valence-electron chi connectivity index (χ3n) is 7.69. The molecule has 41 heavy (non-hydrogen) atoms. The molecule has 1 atom stereocenters. The summed E-state index contributed by atoms with van der Waals surface area (Å²) in [6, 6.07) is 9.21. The van der Waals surface area contributed by atoms with Gasteiger partial charge in [-0.2, -0.15) is 0 Å². The number of aryl methyl sites for hydroxylation is 1. The number of carbonyl (C=O) groups is 1. The van der Waals surface area contributed by atoms with Crippen molar-refractivity contribution in [1.29, 1.82) is 0 Å². The molecule has 4 heterocycles. The van der Waals surface area contributed by atoms with Gasteiger partial charge in [0.2, 0.25) is 11.9 Å². The number of fused-ring (bicyclic) bond motifs is 1. The van der Waals surface area contributed by atoms with Gasteiger partial charge in [-0.25, -0.2) is 19.9 Å². The fraction of sp³-hybridized carbons (Fsp3) is 0.400. The van der Waals surface area contributed by atoms with Crippen LogP contribution in [0.15, 0.2) is 53.7 Å². The number of hydrogen-bond donors (Lipinski definition) is 1. The van der Waals surface area contributed by atoms with Gasteiger partial charge in [0.25, 0.3) is 5.56 Å². The van der Waals surface area contributed by atoms with Gasteiger partial charge in [-0.15, -0.1) is 0 Å². The number of pyridine rings is 1. The second kappa shape index (κ2) is 12.2. The standard InChI is InChI=1S/C30H35ClN8O2/c1-19(29-32-10-5-11-33-29)35-24-17-28(41)38(4)26-7-6-21(14-22(24)26)15-25-23(31)18-34-30(36-25)39-12-8-20(9-13-39)16-27(40)37(2)3/h5-7,10-11,14,17-20,35H,8-9,12-13,15-16H2,1-4H3. The summed E-state index contributed by atoms with van der Waals surface area (Å²) in [7, 11) is 5.37. The van der Waals surface area contributed by atoms with Crippen molar-refractivity contribution in [2.75, 3.05) is 37.4 Å². The molecule has 1 unspecified atom stereocenters. The summed E-state index contributed by atoms with van der Waals surface area (Å²) in [5.74, 6) is 1.85. The van der Waals surface area contributed by atoms with Gasteiger partial charge in [0.1, 0.15) is 5.82 Å². The maximum atomic E-state index is 12.7. The average molecular weight is 575 g/mol. The van der Waals surface area contributed by atoms with E-state index in [2.05, 4.69) is 31.2 Å². The van der Waals surface area contributed by atoms with Gasteiger partial charge in [0, 0.05) is 76.6 Å². The van der Waals surface area contributed by atoms with Crippen LogP contribution in [-0.2, 0) is 18.3 Å². The predicted molar refractivity (Wildman–Crippen MR) is 161 cm³/mol. The SMILES string of the molecule is CC(Nc1cc(=O)n(C)c2ccc(Cc3nc(N4CCC(CC(=O)N(C)C)CC4)ncc3Cl)cc12)c1ncccn1. The largest absolute Gasteiger partial charge is 0.375 e. The van der Waals surface area contributed by atoms with E-state index in [1.54, 1.807) is 61.3 Å². The summed E-state index contributed by atoms with van der Waals surface area (Å²) in [6.07, 6.45) is 8.01. The van der Waals surface area contributed by atoms with E-state index in [-0.39, 0.29) is 17.5 Å². The Hall–Kier alpha value is -4.05. The fourth-order valence-electron chi connectivity index (χ4n) is 5.20. The van der Waals surface area contributed by atoms with E-state index in [4.69, 9.17) is 16.6 Å². The number of nitrogens with one attached hydrogen (secondary N) is 1. The molecule has 1 N–H and O–H groups in total. The average Bonchev–Trinajstić information content (AvgIpc) is 2.97. The van der Waals surface area contributed by atoms with E-state index in [9.17, 15) is 9.59 Å². The topological polar surface area (TPSA) is 109 Å². The highest BCUT2D eigenvalue weighted by molar-refractivity contribution is 6.31. The van der Waals surface area contributed by atoms with Crippen LogP contribution in [0.4, 0.5) is 11.6 Å². The Bertz CT molecular complexity index is 1600. The van der Waals surface area contributed by atoms with E-state index in [0.717, 1.165) is 53.8 Å². The van der Waals surface area contributed by atoms with Crippen LogP contribution in [0.2, 0.25) is 5.02 Å². The first kappa shape index (κ1) is 28.5. The van der Waals surface area contributed by atoms with E-state index in [0.29, 0.717) is 35.6 Å². The second-order valence-electron chi connectivity index (χ2n) is 10.8. The molecule has 1 saturated heterocycles. The molecule has 3 aromatic heterocycles. The van der Waals surface area contributed by atoms with E-state index < -0.39 is 0 Å². The molecule has 0 radical (unpaired) electrons. The third-order valence-corrected chi connectivity index (χ3v) is 8.01. The lowest BCUT2D eigenvalue weighted by atomic mass is 9.93. The van der Waals surface area contributed by atoms with Crippen molar-refractivity contribution in [1.82, 2.24) is 29.4 Å². The van der Waals surface area contributed by atoms with Crippen molar-refractivity contribution in [2.45, 2.75) is 38.6 Å². The normalized spacial score (nSPS) is 14.7. The number of carbonyl (C=O) groups excluding carboxylic acids is 1. The lowest BCUT2D eigenvalue weighted by Crippen LogP contribution is -2.36. The van der Waals surface area contributed by atoms with Crippen LogP contribution in [-0.4, -0.2) is 62.5 Å². The minimum atomic E-state index is -0.195. The molecule has 1 amide bonds. The van der Waals surface area contributed by atoms with Gasteiger partial charge in [-0.1, -0.05) is 17.7 Å². The Morgan fingerprint density at radius 1 is 1.15 bits per heavy atom. The molecule has 4 aromatic rings. The highest BCUT2D eigenvalue weighted by atomic mass is 35.5. The zero-order valence-electron chi connectivity index (χ0n) is 23.8. The lowest BCUT2D eigenvalue weighted by molar-refractivity contribution is -0.129. The number of anilines is 2. The van der Waals surface area contributed by atoms with Gasteiger partial charge >= 0.3 is 0 Å². The number of halogens is 1. The van der Waals surface area contributed by atoms with Crippen LogP contribution in [0.5, 0.6) is 0 Å². The highest BCUT2D eigenvalue weighted by Crippen LogP contribution is 2.29. The predicted octanol–water partition coefficient (Wildman–Crippen LogP) is 4.23. The summed E-state index contributed by atoms with van der Waals surface area (Å²) in [5, 5.41) is 4.84. The Morgan fingerprint density at radius 2 is 1.88 bits per heavy atom. The minimum Gasteiger partial charge on any atom is -0.375 e. The number of amides is 1. The molecule has 1 aliphatic heterocycles. The molecule has 11 heteroatoms. The van der Waals surface area contributed by atoms with Crippen LogP contribution in [0, 0.1) is 5.92 Å². The van der Waals surface area contributed by atoms with Crippen molar-refractivity contribution in [3.63, 3.8) is 0 Å². The molecule has 1 fully saturated rings. The monoisotopic (exact) mass is 574 g/mol. The summed E-state index contributed by atoms with van der Waals surface area (Å²) in [4.78, 5) is 46.7. The first-order valence-electron chi connectivity index (χ1n) is 13.8. The molecule has 1 aromatic carbocycles. The molecular weight excluding hydrogens is 540 g/mol. The number of rotatable bonds is 8. The Morgan fingerprint density at radius 3 is 2.59 bits per heavy atom. The van der Waals surface area contributed by atoms with Crippen LogP contribution < -0.4 is 15.8 Å². The zero-order valence-corrected chi connectivity index (χ0v) is 24.6. The molecule has 10 nitrogen and oxygen atoms in total. The van der Waals surface area contributed by atoms with Gasteiger partial charge in [0.15, 0.2) is 0 Å². The molecule has 0 bridgehead atoms. The van der Waals surface area contributed by atoms with E-state index in [1.165, 1.54) is 0 Å². The first-order valence-corrected chi connectivity index (χ1v) is 14.2. The highest BCUT2D eigenvalue weighted by Gasteiger charge is 2.24. The number of piperidine rings is 1. The maximum absolute atomic E-state index is 12.7. The fourth-order valence-corrected chi connectivity index (χ4v) is 5.36. The van der Waals surface area contributed by atoms with E-state index in [1.807, 2.05) is 19.1 Å². The van der Waals surface area contributed by atoms with Crippen LogP contribution in [0.1, 0.15) is 49.3 Å². The Kier molecular flexibility index (Phi) is 8.49. The summed E-state index contributed by atoms with van der Waals surface area (Å²) >= 11 is 6.57. The van der Waals surface area contributed by atoms with Crippen molar-refractivity contribution in [3.05, 3.63) is 81.4 Å². The summed E-state index contributed by atoms with van der Waals surface area (Å²) < 4.78 is 1.64. The van der Waals surface area contributed by atoms with Crippen molar-refractivity contribution in [2.24, 2.45) is 13.0 Å². The number of nitrogens with zero attached hydrogens (tertiary/aromatic N) is 7. The molecular formula is C30H35ClN8O2. The van der Waals surface area contributed by atoms with Crippen molar-refractivity contribution < 1.29 is 4.79 Å². The molecule has 0 saturated carbocycles. The summed E-state index contributed by atoms with van der Waals surface area (Å²) in [6.45, 7) is 3.57. The van der Waals surface area contributed by atoms with E-state index >= 15 is 0 Å². The van der Waals surface area contributed by atoms with Crippen LogP contribution in [0.25, 0.3) is 10.9 Å². The quantitative estimate of drug-likeness (QED) is 0.333. The van der Waals surface area contributed by atoms with Gasteiger partial charge in [-0.3, -0.25) is 9.59 Å². The lowest BCUT2D eigenvalue weighted by Gasteiger charge is -2.32. The van der Waals surface area contributed by atoms with Gasteiger partial charge < -0.3 is 19.7 Å². The zero-order chi connectivity index (χ0) is 29.1. The molecule has 5 rings (SSSR count). The van der Waals surface area contributed by atoms with Crippen LogP contribution >= 0.6 is 11.6 Å². The van der Waals surface area contributed by atoms with Gasteiger partial charge in [-0.05, 0) is 49.4 Å². The smallest absolute Gasteiger partial charge is 0.252 e.